The maximum absolute atomic E-state index is 12.3. The van der Waals surface area contributed by atoms with Crippen molar-refractivity contribution in [1.82, 2.24) is 4.90 Å². The molecule has 2 N–H and O–H groups in total. The standard InChI is InChI=1S/C14H18INO4/c15-12-2-1-10(9-13(12)18)14(19)16-5-3-11(4-6-16)20-8-7-17/h1-2,9,11,17-18H,3-8H2. The van der Waals surface area contributed by atoms with Crippen LogP contribution in [-0.4, -0.2) is 53.4 Å². The van der Waals surface area contributed by atoms with Gasteiger partial charge in [-0.3, -0.25) is 4.79 Å². The molecule has 0 saturated carbocycles. The zero-order valence-corrected chi connectivity index (χ0v) is 13.2. The summed E-state index contributed by atoms with van der Waals surface area (Å²) in [6.07, 6.45) is 1.68. The predicted octanol–water partition coefficient (Wildman–Crippen LogP) is 1.61. The van der Waals surface area contributed by atoms with Crippen LogP contribution in [0.5, 0.6) is 5.75 Å². The molecule has 0 aromatic heterocycles. The van der Waals surface area contributed by atoms with E-state index in [1.54, 1.807) is 17.0 Å². The van der Waals surface area contributed by atoms with E-state index >= 15 is 0 Å². The number of phenolic OH excluding ortho intramolecular Hbond substituents is 1. The number of halogens is 1. The van der Waals surface area contributed by atoms with Gasteiger partial charge in [-0.15, -0.1) is 0 Å². The minimum atomic E-state index is -0.0580. The summed E-state index contributed by atoms with van der Waals surface area (Å²) in [7, 11) is 0. The minimum Gasteiger partial charge on any atom is -0.507 e. The average Bonchev–Trinajstić information content (AvgIpc) is 2.48. The first-order valence-electron chi connectivity index (χ1n) is 6.62. The smallest absolute Gasteiger partial charge is 0.253 e. The van der Waals surface area contributed by atoms with E-state index in [2.05, 4.69) is 0 Å². The lowest BCUT2D eigenvalue weighted by molar-refractivity contribution is -0.00554. The van der Waals surface area contributed by atoms with Crippen molar-refractivity contribution in [3.8, 4) is 5.75 Å². The Morgan fingerprint density at radius 2 is 2.10 bits per heavy atom. The first-order valence-corrected chi connectivity index (χ1v) is 7.70. The quantitative estimate of drug-likeness (QED) is 0.766. The van der Waals surface area contributed by atoms with Crippen LogP contribution in [0.25, 0.3) is 0 Å². The fourth-order valence-corrected chi connectivity index (χ4v) is 2.61. The molecule has 1 aliphatic heterocycles. The molecule has 20 heavy (non-hydrogen) atoms. The van der Waals surface area contributed by atoms with E-state index in [0.29, 0.717) is 25.3 Å². The Bertz CT molecular complexity index is 472. The first kappa shape index (κ1) is 15.5. The maximum atomic E-state index is 12.3. The van der Waals surface area contributed by atoms with Gasteiger partial charge in [0.25, 0.3) is 5.91 Å². The van der Waals surface area contributed by atoms with Crippen molar-refractivity contribution in [1.29, 1.82) is 0 Å². The minimum absolute atomic E-state index is 0.0288. The molecule has 1 aromatic rings. The third kappa shape index (κ3) is 3.83. The molecule has 2 rings (SSSR count). The molecule has 1 amide bonds. The van der Waals surface area contributed by atoms with Gasteiger partial charge in [0.1, 0.15) is 5.75 Å². The lowest BCUT2D eigenvalue weighted by Gasteiger charge is -2.32. The number of aromatic hydroxyl groups is 1. The van der Waals surface area contributed by atoms with Crippen molar-refractivity contribution in [2.24, 2.45) is 0 Å². The molecule has 1 aliphatic rings. The molecule has 0 unspecified atom stereocenters. The van der Waals surface area contributed by atoms with Gasteiger partial charge >= 0.3 is 0 Å². The molecule has 0 atom stereocenters. The van der Waals surface area contributed by atoms with Gasteiger partial charge in [0.05, 0.1) is 22.9 Å². The van der Waals surface area contributed by atoms with Crippen LogP contribution in [0.15, 0.2) is 18.2 Å². The van der Waals surface area contributed by atoms with Crippen LogP contribution in [-0.2, 0) is 4.74 Å². The predicted molar refractivity (Wildman–Crippen MR) is 82.8 cm³/mol. The van der Waals surface area contributed by atoms with Gasteiger partial charge in [-0.25, -0.2) is 0 Å². The van der Waals surface area contributed by atoms with Gasteiger partial charge in [-0.05, 0) is 53.6 Å². The summed E-state index contributed by atoms with van der Waals surface area (Å²) in [5.41, 5.74) is 0.512. The van der Waals surface area contributed by atoms with Crippen LogP contribution in [0.1, 0.15) is 23.2 Å². The molecule has 110 valence electrons. The molecular formula is C14H18INO4. The number of piperidine rings is 1. The zero-order chi connectivity index (χ0) is 14.5. The van der Waals surface area contributed by atoms with E-state index in [1.165, 1.54) is 6.07 Å². The van der Waals surface area contributed by atoms with Gasteiger partial charge in [-0.1, -0.05) is 0 Å². The van der Waals surface area contributed by atoms with Crippen molar-refractivity contribution in [3.05, 3.63) is 27.3 Å². The normalized spacial score (nSPS) is 16.4. The fourth-order valence-electron chi connectivity index (χ4n) is 2.27. The van der Waals surface area contributed by atoms with Crippen molar-refractivity contribution >= 4 is 28.5 Å². The summed E-state index contributed by atoms with van der Waals surface area (Å²) in [4.78, 5) is 14.1. The Balaban J connectivity index is 1.92. The number of likely N-dealkylation sites (tertiary alicyclic amines) is 1. The lowest BCUT2D eigenvalue weighted by atomic mass is 10.1. The number of amides is 1. The van der Waals surface area contributed by atoms with Crippen molar-refractivity contribution in [3.63, 3.8) is 0 Å². The summed E-state index contributed by atoms with van der Waals surface area (Å²) in [5, 5.41) is 18.4. The molecule has 0 radical (unpaired) electrons. The molecule has 1 aromatic carbocycles. The zero-order valence-electron chi connectivity index (χ0n) is 11.1. The van der Waals surface area contributed by atoms with E-state index in [4.69, 9.17) is 9.84 Å². The van der Waals surface area contributed by atoms with E-state index in [1.807, 2.05) is 22.6 Å². The molecule has 1 saturated heterocycles. The molecule has 6 heteroatoms. The highest BCUT2D eigenvalue weighted by Crippen LogP contribution is 2.22. The molecule has 0 aliphatic carbocycles. The number of phenols is 1. The number of ether oxygens (including phenoxy) is 1. The van der Waals surface area contributed by atoms with Crippen LogP contribution in [0.4, 0.5) is 0 Å². The number of carbonyl (C=O) groups excluding carboxylic acids is 1. The summed E-state index contributed by atoms with van der Waals surface area (Å²) >= 11 is 2.02. The van der Waals surface area contributed by atoms with Crippen LogP contribution in [0.3, 0.4) is 0 Å². The van der Waals surface area contributed by atoms with E-state index in [-0.39, 0.29) is 24.4 Å². The summed E-state index contributed by atoms with van der Waals surface area (Å²) in [6, 6.07) is 4.98. The van der Waals surface area contributed by atoms with Crippen molar-refractivity contribution in [2.45, 2.75) is 18.9 Å². The molecule has 1 heterocycles. The number of benzene rings is 1. The third-order valence-corrected chi connectivity index (χ3v) is 4.28. The summed E-state index contributed by atoms with van der Waals surface area (Å²) in [6.45, 7) is 1.66. The number of carbonyl (C=O) groups is 1. The van der Waals surface area contributed by atoms with Crippen LogP contribution >= 0.6 is 22.6 Å². The number of hydrogen-bond acceptors (Lipinski definition) is 4. The Hall–Kier alpha value is -0.860. The van der Waals surface area contributed by atoms with Crippen LogP contribution in [0, 0.1) is 3.57 Å². The van der Waals surface area contributed by atoms with Crippen LogP contribution in [0.2, 0.25) is 0 Å². The Morgan fingerprint density at radius 3 is 2.70 bits per heavy atom. The van der Waals surface area contributed by atoms with E-state index in [9.17, 15) is 9.90 Å². The second-order valence-electron chi connectivity index (χ2n) is 4.75. The number of aliphatic hydroxyl groups excluding tert-OH is 1. The third-order valence-electron chi connectivity index (χ3n) is 3.37. The lowest BCUT2D eigenvalue weighted by Crippen LogP contribution is -2.41. The topological polar surface area (TPSA) is 70.0 Å². The van der Waals surface area contributed by atoms with Crippen molar-refractivity contribution in [2.75, 3.05) is 26.3 Å². The molecule has 5 nitrogen and oxygen atoms in total. The maximum Gasteiger partial charge on any atom is 0.253 e. The fraction of sp³-hybridized carbons (Fsp3) is 0.500. The number of nitrogens with zero attached hydrogens (tertiary/aromatic N) is 1. The summed E-state index contributed by atoms with van der Waals surface area (Å²) in [5.74, 6) is 0.0786. The molecular weight excluding hydrogens is 373 g/mol. The highest BCUT2D eigenvalue weighted by Gasteiger charge is 2.24. The second kappa shape index (κ2) is 7.24. The molecule has 0 bridgehead atoms. The van der Waals surface area contributed by atoms with Gasteiger partial charge in [0, 0.05) is 18.7 Å². The average molecular weight is 391 g/mol. The molecule has 0 spiro atoms. The largest absolute Gasteiger partial charge is 0.507 e. The number of rotatable bonds is 4. The first-order chi connectivity index (χ1) is 9.61. The summed E-state index contributed by atoms with van der Waals surface area (Å²) < 4.78 is 6.20. The monoisotopic (exact) mass is 391 g/mol. The highest BCUT2D eigenvalue weighted by molar-refractivity contribution is 14.1. The van der Waals surface area contributed by atoms with Crippen LogP contribution < -0.4 is 0 Å². The van der Waals surface area contributed by atoms with Gasteiger partial charge in [0.2, 0.25) is 0 Å². The van der Waals surface area contributed by atoms with Gasteiger partial charge in [0.15, 0.2) is 0 Å². The van der Waals surface area contributed by atoms with E-state index in [0.717, 1.165) is 16.4 Å². The Morgan fingerprint density at radius 1 is 1.40 bits per heavy atom. The molecule has 1 fully saturated rings. The number of aliphatic hydroxyl groups is 1. The highest BCUT2D eigenvalue weighted by atomic mass is 127. The Labute approximate surface area is 131 Å². The second-order valence-corrected chi connectivity index (χ2v) is 5.91. The van der Waals surface area contributed by atoms with Gasteiger partial charge in [-0.2, -0.15) is 0 Å². The van der Waals surface area contributed by atoms with Gasteiger partial charge < -0.3 is 19.8 Å². The van der Waals surface area contributed by atoms with E-state index < -0.39 is 0 Å². The van der Waals surface area contributed by atoms with Crippen molar-refractivity contribution < 1.29 is 19.7 Å². The number of hydrogen-bond donors (Lipinski definition) is 2. The Kier molecular flexibility index (Phi) is 5.62. The SMILES string of the molecule is O=C(c1ccc(I)c(O)c1)N1CCC(OCCO)CC1.